The van der Waals surface area contributed by atoms with Gasteiger partial charge in [-0.3, -0.25) is 14.6 Å². The first-order valence-corrected chi connectivity index (χ1v) is 9.22. The molecule has 1 aliphatic heterocycles. The molecule has 0 saturated carbocycles. The second-order valence-corrected chi connectivity index (χ2v) is 5.94. The molecule has 0 atom stereocenters. The first-order chi connectivity index (χ1) is 12.6. The topological polar surface area (TPSA) is 132 Å². The van der Waals surface area contributed by atoms with Gasteiger partial charge in [-0.05, 0) is 38.8 Å². The van der Waals surface area contributed by atoms with Crippen molar-refractivity contribution in [1.29, 1.82) is 0 Å². The van der Waals surface area contributed by atoms with E-state index in [-0.39, 0.29) is 12.3 Å². The zero-order valence-corrected chi connectivity index (χ0v) is 15.9. The standard InChI is InChI=1S/C18H32N6O2/c1-3-10-24(26-4-2)18(25)14-11-15(22-9-7-5-6-8-19)16(13-20)23-17(21)12-14/h11,13H,3-10,12,19-20H2,1-2H3,(H2,21,23)/b16-13+,22-15?. The van der Waals surface area contributed by atoms with Gasteiger partial charge in [0.05, 0.1) is 12.3 Å². The van der Waals surface area contributed by atoms with E-state index >= 15 is 0 Å². The van der Waals surface area contributed by atoms with Gasteiger partial charge in [-0.2, -0.15) is 0 Å². The van der Waals surface area contributed by atoms with E-state index in [0.717, 1.165) is 25.7 Å². The monoisotopic (exact) mass is 364 g/mol. The molecule has 0 bridgehead atoms. The Hall–Kier alpha value is -2.19. The number of carbonyl (C=O) groups is 1. The molecule has 1 heterocycles. The number of nitrogens with zero attached hydrogens (tertiary/aromatic N) is 3. The number of allylic oxidation sites excluding steroid dienone is 1. The predicted octanol–water partition coefficient (Wildman–Crippen LogP) is 1.23. The third-order valence-corrected chi connectivity index (χ3v) is 3.72. The van der Waals surface area contributed by atoms with Gasteiger partial charge in [0.25, 0.3) is 5.91 Å². The van der Waals surface area contributed by atoms with Gasteiger partial charge in [-0.1, -0.05) is 13.3 Å². The van der Waals surface area contributed by atoms with E-state index in [4.69, 9.17) is 22.0 Å². The van der Waals surface area contributed by atoms with Crippen molar-refractivity contribution in [3.63, 3.8) is 0 Å². The van der Waals surface area contributed by atoms with Crippen molar-refractivity contribution < 1.29 is 9.63 Å². The van der Waals surface area contributed by atoms with Crippen LogP contribution < -0.4 is 17.2 Å². The molecular weight excluding hydrogens is 332 g/mol. The molecule has 0 aromatic carbocycles. The summed E-state index contributed by atoms with van der Waals surface area (Å²) in [5.41, 5.74) is 18.7. The number of amides is 1. The smallest absolute Gasteiger partial charge is 0.273 e. The number of nitrogens with two attached hydrogens (primary N) is 3. The van der Waals surface area contributed by atoms with Crippen molar-refractivity contribution in [3.05, 3.63) is 23.5 Å². The van der Waals surface area contributed by atoms with Crippen molar-refractivity contribution in [2.75, 3.05) is 26.2 Å². The third-order valence-electron chi connectivity index (χ3n) is 3.72. The Morgan fingerprint density at radius 2 is 2.15 bits per heavy atom. The lowest BCUT2D eigenvalue weighted by atomic mass is 10.1. The fourth-order valence-electron chi connectivity index (χ4n) is 2.50. The minimum absolute atomic E-state index is 0.221. The Bertz CT molecular complexity index is 574. The van der Waals surface area contributed by atoms with Crippen molar-refractivity contribution >= 4 is 17.5 Å². The number of hydrogen-bond donors (Lipinski definition) is 3. The lowest BCUT2D eigenvalue weighted by Gasteiger charge is -2.21. The Balaban J connectivity index is 3.06. The molecule has 0 saturated heterocycles. The average molecular weight is 364 g/mol. The lowest BCUT2D eigenvalue weighted by Crippen LogP contribution is -2.34. The molecule has 0 spiro atoms. The van der Waals surface area contributed by atoms with E-state index in [9.17, 15) is 4.79 Å². The van der Waals surface area contributed by atoms with E-state index < -0.39 is 0 Å². The van der Waals surface area contributed by atoms with Gasteiger partial charge in [0.2, 0.25) is 0 Å². The third kappa shape index (κ3) is 6.97. The normalized spacial score (nSPS) is 17.8. The number of hydroxylamine groups is 2. The molecule has 8 heteroatoms. The van der Waals surface area contributed by atoms with Gasteiger partial charge in [0.15, 0.2) is 0 Å². The first-order valence-electron chi connectivity index (χ1n) is 9.22. The van der Waals surface area contributed by atoms with Gasteiger partial charge in [-0.15, -0.1) is 0 Å². The molecule has 0 aromatic rings. The van der Waals surface area contributed by atoms with E-state index in [1.807, 2.05) is 13.8 Å². The summed E-state index contributed by atoms with van der Waals surface area (Å²) in [5.74, 6) is 0.100. The van der Waals surface area contributed by atoms with Gasteiger partial charge in [0, 0.05) is 31.3 Å². The Morgan fingerprint density at radius 3 is 2.77 bits per heavy atom. The summed E-state index contributed by atoms with van der Waals surface area (Å²) in [5, 5.41) is 1.37. The molecule has 1 aliphatic rings. The highest BCUT2D eigenvalue weighted by molar-refractivity contribution is 6.16. The fourth-order valence-corrected chi connectivity index (χ4v) is 2.50. The van der Waals surface area contributed by atoms with Crippen LogP contribution >= 0.6 is 0 Å². The summed E-state index contributed by atoms with van der Waals surface area (Å²) in [6.07, 6.45) is 6.99. The van der Waals surface area contributed by atoms with E-state index in [1.54, 1.807) is 6.08 Å². The van der Waals surface area contributed by atoms with Gasteiger partial charge in [0.1, 0.15) is 11.5 Å². The van der Waals surface area contributed by atoms with Crippen molar-refractivity contribution in [3.8, 4) is 0 Å². The molecule has 26 heavy (non-hydrogen) atoms. The van der Waals surface area contributed by atoms with Crippen LogP contribution in [0.3, 0.4) is 0 Å². The largest absolute Gasteiger partial charge is 0.403 e. The van der Waals surface area contributed by atoms with Gasteiger partial charge >= 0.3 is 0 Å². The van der Waals surface area contributed by atoms with Crippen LogP contribution in [-0.2, 0) is 9.63 Å². The molecular formula is C18H32N6O2. The maximum Gasteiger partial charge on any atom is 0.273 e. The van der Waals surface area contributed by atoms with E-state index in [2.05, 4.69) is 9.98 Å². The minimum Gasteiger partial charge on any atom is -0.403 e. The first kappa shape index (κ1) is 21.9. The molecule has 0 aliphatic carbocycles. The molecule has 0 fully saturated rings. The molecule has 0 unspecified atom stereocenters. The van der Waals surface area contributed by atoms with Crippen LogP contribution in [0.1, 0.15) is 46.0 Å². The van der Waals surface area contributed by atoms with Crippen molar-refractivity contribution in [2.24, 2.45) is 27.2 Å². The van der Waals surface area contributed by atoms with Crippen LogP contribution in [0.4, 0.5) is 0 Å². The molecule has 1 rings (SSSR count). The fraction of sp³-hybridized carbons (Fsp3) is 0.611. The lowest BCUT2D eigenvalue weighted by molar-refractivity contribution is -0.180. The van der Waals surface area contributed by atoms with E-state index in [0.29, 0.717) is 49.1 Å². The zero-order valence-electron chi connectivity index (χ0n) is 15.9. The Kier molecular flexibility index (Phi) is 10.3. The summed E-state index contributed by atoms with van der Waals surface area (Å²) in [4.78, 5) is 27.1. The summed E-state index contributed by atoms with van der Waals surface area (Å²) >= 11 is 0. The number of unbranched alkanes of at least 4 members (excludes halogenated alkanes) is 2. The van der Waals surface area contributed by atoms with Gasteiger partial charge < -0.3 is 17.2 Å². The van der Waals surface area contributed by atoms with E-state index in [1.165, 1.54) is 11.3 Å². The van der Waals surface area contributed by atoms with Crippen LogP contribution in [0.15, 0.2) is 33.5 Å². The SMILES string of the molecule is CCCN(OCC)C(=O)C1=CC(=NCCCCCN)/C(=C\N)N=C(N)C1. The summed E-state index contributed by atoms with van der Waals surface area (Å²) in [7, 11) is 0. The summed E-state index contributed by atoms with van der Waals surface area (Å²) < 4.78 is 0. The minimum atomic E-state index is -0.221. The second-order valence-electron chi connectivity index (χ2n) is 5.94. The highest BCUT2D eigenvalue weighted by atomic mass is 16.7. The molecule has 6 N–H and O–H groups in total. The number of aliphatic imine (C=N–C) groups is 2. The number of carbonyl (C=O) groups excluding carboxylic acids is 1. The number of rotatable bonds is 10. The van der Waals surface area contributed by atoms with Crippen molar-refractivity contribution in [1.82, 2.24) is 5.06 Å². The van der Waals surface area contributed by atoms with Crippen LogP contribution in [0.2, 0.25) is 0 Å². The second kappa shape index (κ2) is 12.2. The average Bonchev–Trinajstić information content (AvgIpc) is 2.79. The molecule has 0 radical (unpaired) electrons. The van der Waals surface area contributed by atoms with Gasteiger partial charge in [-0.25, -0.2) is 10.1 Å². The molecule has 1 amide bonds. The van der Waals surface area contributed by atoms with Crippen LogP contribution in [0, 0.1) is 0 Å². The maximum absolute atomic E-state index is 12.8. The molecule has 8 nitrogen and oxygen atoms in total. The van der Waals surface area contributed by atoms with Crippen LogP contribution in [-0.4, -0.2) is 48.8 Å². The number of amidine groups is 1. The predicted molar refractivity (Wildman–Crippen MR) is 105 cm³/mol. The quantitative estimate of drug-likeness (QED) is 0.396. The Morgan fingerprint density at radius 1 is 1.38 bits per heavy atom. The van der Waals surface area contributed by atoms with Crippen LogP contribution in [0.5, 0.6) is 0 Å². The summed E-state index contributed by atoms with van der Waals surface area (Å²) in [6.45, 7) is 6.04. The van der Waals surface area contributed by atoms with Crippen LogP contribution in [0.25, 0.3) is 0 Å². The highest BCUT2D eigenvalue weighted by Crippen LogP contribution is 2.16. The molecule has 146 valence electrons. The number of hydrogen-bond acceptors (Lipinski definition) is 7. The summed E-state index contributed by atoms with van der Waals surface area (Å²) in [6, 6.07) is 0. The zero-order chi connectivity index (χ0) is 19.4. The maximum atomic E-state index is 12.8. The Labute approximate surface area is 155 Å². The molecule has 0 aromatic heterocycles. The van der Waals surface area contributed by atoms with Crippen molar-refractivity contribution in [2.45, 2.75) is 46.0 Å². The highest BCUT2D eigenvalue weighted by Gasteiger charge is 2.23.